The lowest BCUT2D eigenvalue weighted by molar-refractivity contribution is -0.140. The van der Waals surface area contributed by atoms with Crippen LogP contribution in [0.5, 0.6) is 0 Å². The van der Waals surface area contributed by atoms with Gasteiger partial charge in [0.25, 0.3) is 0 Å². The van der Waals surface area contributed by atoms with Crippen LogP contribution in [0.3, 0.4) is 0 Å². The topological polar surface area (TPSA) is 49.4 Å². The highest BCUT2D eigenvalue weighted by molar-refractivity contribution is 6.42. The van der Waals surface area contributed by atoms with Crippen LogP contribution in [-0.2, 0) is 22.6 Å². The summed E-state index contributed by atoms with van der Waals surface area (Å²) in [7, 11) is 0. The molecule has 4 nitrogen and oxygen atoms in total. The van der Waals surface area contributed by atoms with Gasteiger partial charge in [0.2, 0.25) is 11.8 Å². The molecule has 6 heteroatoms. The molecule has 150 valence electrons. The quantitative estimate of drug-likeness (QED) is 0.724. The highest BCUT2D eigenvalue weighted by Crippen LogP contribution is 2.24. The van der Waals surface area contributed by atoms with E-state index in [2.05, 4.69) is 5.32 Å². The Balaban J connectivity index is 2.26. The smallest absolute Gasteiger partial charge is 0.242 e. The molecule has 0 spiro atoms. The first-order chi connectivity index (χ1) is 13.1. The zero-order valence-corrected chi connectivity index (χ0v) is 18.1. The molecule has 0 aromatic heterocycles. The van der Waals surface area contributed by atoms with E-state index in [-0.39, 0.29) is 30.3 Å². The summed E-state index contributed by atoms with van der Waals surface area (Å²) in [5, 5.41) is 3.81. The van der Waals surface area contributed by atoms with Gasteiger partial charge in [-0.3, -0.25) is 9.59 Å². The van der Waals surface area contributed by atoms with E-state index < -0.39 is 6.04 Å². The fourth-order valence-electron chi connectivity index (χ4n) is 2.76. The molecule has 0 bridgehead atoms. The number of rotatable bonds is 6. The van der Waals surface area contributed by atoms with Gasteiger partial charge in [-0.2, -0.15) is 0 Å². The highest BCUT2D eigenvalue weighted by Gasteiger charge is 2.28. The van der Waals surface area contributed by atoms with Crippen molar-refractivity contribution in [1.29, 1.82) is 0 Å². The second-order valence-electron chi connectivity index (χ2n) is 7.85. The molecule has 1 unspecified atom stereocenters. The van der Waals surface area contributed by atoms with Crippen molar-refractivity contribution in [3.8, 4) is 0 Å². The molecule has 0 aliphatic carbocycles. The zero-order valence-electron chi connectivity index (χ0n) is 16.6. The molecule has 0 aliphatic heterocycles. The first-order valence-corrected chi connectivity index (χ1v) is 9.92. The van der Waals surface area contributed by atoms with Crippen LogP contribution in [0.1, 0.15) is 38.8 Å². The second kappa shape index (κ2) is 9.44. The number of nitrogens with one attached hydrogen (secondary N) is 1. The number of nitrogens with zero attached hydrogens (tertiary/aromatic N) is 1. The molecule has 2 amide bonds. The summed E-state index contributed by atoms with van der Waals surface area (Å²) in [6.07, 6.45) is 0.218. The van der Waals surface area contributed by atoms with Gasteiger partial charge in [0, 0.05) is 12.1 Å². The molecule has 0 radical (unpaired) electrons. The molecule has 2 rings (SSSR count). The highest BCUT2D eigenvalue weighted by atomic mass is 35.5. The lowest BCUT2D eigenvalue weighted by Crippen LogP contribution is -2.52. The van der Waals surface area contributed by atoms with Gasteiger partial charge in [0.15, 0.2) is 0 Å². The van der Waals surface area contributed by atoms with Gasteiger partial charge in [-0.25, -0.2) is 0 Å². The largest absolute Gasteiger partial charge is 0.350 e. The molecule has 0 aliphatic rings. The summed E-state index contributed by atoms with van der Waals surface area (Å²) in [5.74, 6) is -0.331. The molecule has 1 N–H and O–H groups in total. The van der Waals surface area contributed by atoms with Crippen LogP contribution >= 0.6 is 23.2 Å². The van der Waals surface area contributed by atoms with Gasteiger partial charge in [0.1, 0.15) is 6.04 Å². The molecular formula is C22H26Cl2N2O2. The minimum absolute atomic E-state index is 0.131. The van der Waals surface area contributed by atoms with Crippen LogP contribution in [0.2, 0.25) is 10.0 Å². The SMILES string of the molecule is CC(C(=O)NC(C)(C)C)N(Cc1ccc(Cl)c(Cl)c1)C(=O)Cc1ccccc1. The van der Waals surface area contributed by atoms with Crippen LogP contribution in [0.15, 0.2) is 48.5 Å². The third-order valence-corrected chi connectivity index (χ3v) is 4.94. The van der Waals surface area contributed by atoms with Crippen molar-refractivity contribution in [3.63, 3.8) is 0 Å². The Kier molecular flexibility index (Phi) is 7.50. The predicted octanol–water partition coefficient (Wildman–Crippen LogP) is 4.87. The maximum Gasteiger partial charge on any atom is 0.242 e. The summed E-state index contributed by atoms with van der Waals surface area (Å²) in [6, 6.07) is 14.1. The van der Waals surface area contributed by atoms with Crippen molar-refractivity contribution in [2.75, 3.05) is 0 Å². The third-order valence-electron chi connectivity index (χ3n) is 4.20. The minimum Gasteiger partial charge on any atom is -0.350 e. The average molecular weight is 421 g/mol. The van der Waals surface area contributed by atoms with Crippen LogP contribution in [0.25, 0.3) is 0 Å². The van der Waals surface area contributed by atoms with E-state index in [1.54, 1.807) is 24.0 Å². The number of amides is 2. The van der Waals surface area contributed by atoms with E-state index in [4.69, 9.17) is 23.2 Å². The fraction of sp³-hybridized carbons (Fsp3) is 0.364. The average Bonchev–Trinajstić information content (AvgIpc) is 2.61. The summed E-state index contributed by atoms with van der Waals surface area (Å²) >= 11 is 12.1. The van der Waals surface area contributed by atoms with Crippen molar-refractivity contribution in [1.82, 2.24) is 10.2 Å². The predicted molar refractivity (Wildman–Crippen MR) is 115 cm³/mol. The van der Waals surface area contributed by atoms with Crippen molar-refractivity contribution < 1.29 is 9.59 Å². The van der Waals surface area contributed by atoms with E-state index in [1.807, 2.05) is 57.2 Å². The first kappa shape index (κ1) is 22.3. The standard InChI is InChI=1S/C22H26Cl2N2O2/c1-15(21(28)25-22(2,3)4)26(14-17-10-11-18(23)19(24)12-17)20(27)13-16-8-6-5-7-9-16/h5-12,15H,13-14H2,1-4H3,(H,25,28). The zero-order chi connectivity index (χ0) is 20.9. The number of carbonyl (C=O) groups excluding carboxylic acids is 2. The molecule has 0 fully saturated rings. The van der Waals surface area contributed by atoms with Crippen LogP contribution in [0.4, 0.5) is 0 Å². The van der Waals surface area contributed by atoms with E-state index in [0.29, 0.717) is 10.0 Å². The van der Waals surface area contributed by atoms with E-state index in [0.717, 1.165) is 11.1 Å². The maximum absolute atomic E-state index is 13.1. The van der Waals surface area contributed by atoms with Gasteiger partial charge in [-0.1, -0.05) is 59.6 Å². The maximum atomic E-state index is 13.1. The third kappa shape index (κ3) is 6.54. The van der Waals surface area contributed by atoms with E-state index in [9.17, 15) is 9.59 Å². The fourth-order valence-corrected chi connectivity index (χ4v) is 3.08. The van der Waals surface area contributed by atoms with Gasteiger partial charge in [-0.05, 0) is 51.0 Å². The van der Waals surface area contributed by atoms with Crippen LogP contribution in [-0.4, -0.2) is 28.3 Å². The van der Waals surface area contributed by atoms with E-state index in [1.165, 1.54) is 0 Å². The number of hydrogen-bond donors (Lipinski definition) is 1. The number of hydrogen-bond acceptors (Lipinski definition) is 2. The Labute approximate surface area is 176 Å². The molecular weight excluding hydrogens is 395 g/mol. The van der Waals surface area contributed by atoms with Crippen LogP contribution < -0.4 is 5.32 Å². The Hall–Kier alpha value is -2.04. The molecule has 2 aromatic rings. The van der Waals surface area contributed by atoms with Crippen LogP contribution in [0, 0.1) is 0 Å². The lowest BCUT2D eigenvalue weighted by atomic mass is 10.1. The monoisotopic (exact) mass is 420 g/mol. The number of halogens is 2. The number of carbonyl (C=O) groups is 2. The first-order valence-electron chi connectivity index (χ1n) is 9.16. The van der Waals surface area contributed by atoms with E-state index >= 15 is 0 Å². The lowest BCUT2D eigenvalue weighted by Gasteiger charge is -2.31. The summed E-state index contributed by atoms with van der Waals surface area (Å²) in [6.45, 7) is 7.73. The van der Waals surface area contributed by atoms with Gasteiger partial charge < -0.3 is 10.2 Å². The summed E-state index contributed by atoms with van der Waals surface area (Å²) in [5.41, 5.74) is 1.32. The Morgan fingerprint density at radius 1 is 1.00 bits per heavy atom. The Morgan fingerprint density at radius 3 is 2.21 bits per heavy atom. The van der Waals surface area contributed by atoms with Gasteiger partial charge in [0.05, 0.1) is 16.5 Å². The molecule has 0 saturated carbocycles. The second-order valence-corrected chi connectivity index (χ2v) is 8.66. The van der Waals surface area contributed by atoms with Crippen molar-refractivity contribution in [3.05, 3.63) is 69.7 Å². The normalized spacial score (nSPS) is 12.4. The Bertz CT molecular complexity index is 832. The summed E-state index contributed by atoms with van der Waals surface area (Å²) < 4.78 is 0. The van der Waals surface area contributed by atoms with Crippen molar-refractivity contribution in [2.45, 2.75) is 52.2 Å². The summed E-state index contributed by atoms with van der Waals surface area (Å²) in [4.78, 5) is 27.4. The Morgan fingerprint density at radius 2 is 1.64 bits per heavy atom. The molecule has 28 heavy (non-hydrogen) atoms. The van der Waals surface area contributed by atoms with Gasteiger partial charge >= 0.3 is 0 Å². The molecule has 1 atom stereocenters. The minimum atomic E-state index is -0.634. The molecule has 0 heterocycles. The van der Waals surface area contributed by atoms with Crippen molar-refractivity contribution >= 4 is 35.0 Å². The molecule has 2 aromatic carbocycles. The van der Waals surface area contributed by atoms with Crippen molar-refractivity contribution in [2.24, 2.45) is 0 Å². The molecule has 0 saturated heterocycles. The number of benzene rings is 2. The van der Waals surface area contributed by atoms with Gasteiger partial charge in [-0.15, -0.1) is 0 Å².